The number of amides is 1. The molecule has 1 heterocycles. The molecular formula is C26H21ClN2O3S. The Hall–Kier alpha value is -3.48. The molecule has 0 fully saturated rings. The molecule has 33 heavy (non-hydrogen) atoms. The van der Waals surface area contributed by atoms with Crippen molar-refractivity contribution in [2.24, 2.45) is 0 Å². The van der Waals surface area contributed by atoms with Gasteiger partial charge in [-0.05, 0) is 66.6 Å². The van der Waals surface area contributed by atoms with Crippen molar-refractivity contribution in [3.63, 3.8) is 0 Å². The van der Waals surface area contributed by atoms with E-state index in [4.69, 9.17) is 13.0 Å². The van der Waals surface area contributed by atoms with E-state index in [9.17, 15) is 13.2 Å². The predicted molar refractivity (Wildman–Crippen MR) is 131 cm³/mol. The number of pyridine rings is 1. The first-order valence-electron chi connectivity index (χ1n) is 10.6. The van der Waals surface area contributed by atoms with Crippen LogP contribution in [0.2, 0.25) is 5.02 Å². The van der Waals surface area contributed by atoms with Crippen molar-refractivity contribution in [3.05, 3.63) is 113 Å². The highest BCUT2D eigenvalue weighted by molar-refractivity contribution is 7.90. The van der Waals surface area contributed by atoms with Crippen LogP contribution in [0.5, 0.6) is 0 Å². The third-order valence-corrected chi connectivity index (χ3v) is 6.94. The molecule has 1 amide bonds. The lowest BCUT2D eigenvalue weighted by Gasteiger charge is -2.09. The molecule has 4 aromatic rings. The highest BCUT2D eigenvalue weighted by Gasteiger charge is 2.16. The monoisotopic (exact) mass is 477 g/mol. The van der Waals surface area contributed by atoms with E-state index in [1.165, 1.54) is 12.1 Å². The zero-order chi connectivity index (χ0) is 24.3. The summed E-state index contributed by atoms with van der Waals surface area (Å²) >= 11 is 5.92. The Balaban J connectivity index is 1.46. The van der Waals surface area contributed by atoms with Crippen molar-refractivity contribution in [1.82, 2.24) is 4.98 Å². The Kier molecular flexibility index (Phi) is 6.19. The lowest BCUT2D eigenvalue weighted by molar-refractivity contribution is 0.102. The van der Waals surface area contributed by atoms with Gasteiger partial charge in [0.05, 0.1) is 12.0 Å². The first-order chi connectivity index (χ1) is 16.2. The van der Waals surface area contributed by atoms with Gasteiger partial charge in [0, 0.05) is 33.7 Å². The molecule has 1 N–H and O–H groups in total. The molecule has 0 spiro atoms. The van der Waals surface area contributed by atoms with Crippen molar-refractivity contribution < 1.29 is 14.6 Å². The van der Waals surface area contributed by atoms with Crippen molar-refractivity contribution in [2.45, 2.75) is 17.6 Å². The third-order valence-electron chi connectivity index (χ3n) is 5.02. The van der Waals surface area contributed by atoms with E-state index in [2.05, 4.69) is 10.3 Å². The van der Waals surface area contributed by atoms with Crippen LogP contribution in [-0.2, 0) is 15.6 Å². The SMILES string of the molecule is [2H]c1cc(-c2cccc(C(=O)Nc3ccc(CS(=O)(=O)c4cccc(Cl)c4)cc3)c2)cnc1C. The van der Waals surface area contributed by atoms with Crippen LogP contribution in [0.1, 0.15) is 23.0 Å². The fourth-order valence-corrected chi connectivity index (χ4v) is 4.92. The van der Waals surface area contributed by atoms with E-state index >= 15 is 0 Å². The molecule has 7 heteroatoms. The summed E-state index contributed by atoms with van der Waals surface area (Å²) in [4.78, 5) is 17.2. The molecule has 0 saturated carbocycles. The van der Waals surface area contributed by atoms with Crippen LogP contribution in [0, 0.1) is 6.92 Å². The summed E-state index contributed by atoms with van der Waals surface area (Å²) in [5.74, 6) is -0.473. The largest absolute Gasteiger partial charge is 0.322 e. The molecule has 5 nitrogen and oxygen atoms in total. The predicted octanol–water partition coefficient (Wildman–Crippen LogP) is 5.94. The van der Waals surface area contributed by atoms with E-state index < -0.39 is 9.84 Å². The first-order valence-corrected chi connectivity index (χ1v) is 12.2. The summed E-state index contributed by atoms with van der Waals surface area (Å²) in [7, 11) is -3.54. The molecule has 3 aromatic carbocycles. The quantitative estimate of drug-likeness (QED) is 0.373. The fourth-order valence-electron chi connectivity index (χ4n) is 3.27. The number of anilines is 1. The second-order valence-corrected chi connectivity index (χ2v) is 9.96. The normalized spacial score (nSPS) is 11.6. The molecule has 1 aromatic heterocycles. The van der Waals surface area contributed by atoms with Gasteiger partial charge in [0.2, 0.25) is 0 Å². The van der Waals surface area contributed by atoms with Crippen LogP contribution < -0.4 is 5.32 Å². The van der Waals surface area contributed by atoms with Crippen LogP contribution in [0.15, 0.2) is 96.0 Å². The third kappa shape index (κ3) is 5.66. The van der Waals surface area contributed by atoms with Gasteiger partial charge in [0.15, 0.2) is 9.84 Å². The number of carbonyl (C=O) groups excluding carboxylic acids is 1. The second kappa shape index (κ2) is 9.57. The Bertz CT molecular complexity index is 1470. The molecule has 166 valence electrons. The first kappa shape index (κ1) is 21.4. The van der Waals surface area contributed by atoms with Crippen LogP contribution >= 0.6 is 11.6 Å². The fraction of sp³-hybridized carbons (Fsp3) is 0.0769. The number of nitrogens with zero attached hydrogens (tertiary/aromatic N) is 1. The number of aryl methyl sites for hydroxylation is 1. The van der Waals surface area contributed by atoms with Gasteiger partial charge in [-0.3, -0.25) is 9.78 Å². The molecule has 4 rings (SSSR count). The van der Waals surface area contributed by atoms with E-state index in [1.54, 1.807) is 73.8 Å². The minimum absolute atomic E-state index is 0.165. The Morgan fingerprint density at radius 2 is 1.76 bits per heavy atom. The molecule has 0 aliphatic carbocycles. The molecule has 0 aliphatic rings. The van der Waals surface area contributed by atoms with E-state index in [0.29, 0.717) is 33.6 Å². The molecular weight excluding hydrogens is 456 g/mol. The maximum atomic E-state index is 12.8. The van der Waals surface area contributed by atoms with E-state index in [0.717, 1.165) is 11.1 Å². The van der Waals surface area contributed by atoms with Gasteiger partial charge < -0.3 is 5.32 Å². The zero-order valence-electron chi connectivity index (χ0n) is 18.7. The minimum atomic E-state index is -3.54. The highest BCUT2D eigenvalue weighted by atomic mass is 35.5. The van der Waals surface area contributed by atoms with Crippen molar-refractivity contribution in [1.29, 1.82) is 0 Å². The molecule has 0 atom stereocenters. The number of hydrogen-bond donors (Lipinski definition) is 1. The smallest absolute Gasteiger partial charge is 0.255 e. The van der Waals surface area contributed by atoms with Gasteiger partial charge in [0.1, 0.15) is 0 Å². The zero-order valence-corrected chi connectivity index (χ0v) is 19.3. The van der Waals surface area contributed by atoms with E-state index in [-0.39, 0.29) is 16.6 Å². The molecule has 0 radical (unpaired) electrons. The maximum Gasteiger partial charge on any atom is 0.255 e. The summed E-state index contributed by atoms with van der Waals surface area (Å²) in [6.07, 6.45) is 1.68. The summed E-state index contributed by atoms with van der Waals surface area (Å²) in [5.41, 5.74) is 3.78. The van der Waals surface area contributed by atoms with Gasteiger partial charge in [0.25, 0.3) is 5.91 Å². The van der Waals surface area contributed by atoms with Gasteiger partial charge >= 0.3 is 0 Å². The number of hydrogen-bond acceptors (Lipinski definition) is 4. The standard InChI is InChI=1S/C26H21ClN2O3S/c1-18-8-11-22(16-28-18)20-4-2-5-21(14-20)26(30)29-24-12-9-19(10-13-24)17-33(31,32)25-7-3-6-23(27)15-25/h2-16H,17H2,1H3,(H,29,30)/i8D. The molecule has 0 bridgehead atoms. The number of sulfone groups is 1. The maximum absolute atomic E-state index is 12.8. The average molecular weight is 478 g/mol. The lowest BCUT2D eigenvalue weighted by Crippen LogP contribution is -2.12. The van der Waals surface area contributed by atoms with Crippen LogP contribution in [0.25, 0.3) is 11.1 Å². The second-order valence-electron chi connectivity index (χ2n) is 7.54. The summed E-state index contributed by atoms with van der Waals surface area (Å²) < 4.78 is 33.2. The Morgan fingerprint density at radius 1 is 1.00 bits per heavy atom. The summed E-state index contributed by atoms with van der Waals surface area (Å²) in [6.45, 7) is 1.77. The summed E-state index contributed by atoms with van der Waals surface area (Å²) in [5, 5.41) is 3.19. The molecule has 0 unspecified atom stereocenters. The van der Waals surface area contributed by atoms with Crippen molar-refractivity contribution in [2.75, 3.05) is 5.32 Å². The van der Waals surface area contributed by atoms with Crippen LogP contribution in [-0.4, -0.2) is 19.3 Å². The van der Waals surface area contributed by atoms with Gasteiger partial charge in [-0.1, -0.05) is 48.0 Å². The highest BCUT2D eigenvalue weighted by Crippen LogP contribution is 2.22. The average Bonchev–Trinajstić information content (AvgIpc) is 2.82. The number of carbonyl (C=O) groups is 1. The topological polar surface area (TPSA) is 76.1 Å². The number of rotatable bonds is 6. The molecule has 0 aliphatic heterocycles. The van der Waals surface area contributed by atoms with Gasteiger partial charge in [-0.2, -0.15) is 0 Å². The van der Waals surface area contributed by atoms with Crippen molar-refractivity contribution >= 4 is 33.0 Å². The van der Waals surface area contributed by atoms with Crippen molar-refractivity contribution in [3.8, 4) is 11.1 Å². The van der Waals surface area contributed by atoms with E-state index in [1.807, 2.05) is 6.07 Å². The van der Waals surface area contributed by atoms with Gasteiger partial charge in [-0.15, -0.1) is 0 Å². The lowest BCUT2D eigenvalue weighted by atomic mass is 10.0. The number of benzene rings is 3. The number of nitrogens with one attached hydrogen (secondary N) is 1. The minimum Gasteiger partial charge on any atom is -0.322 e. The summed E-state index contributed by atoms with van der Waals surface area (Å²) in [6, 6.07) is 22.0. The van der Waals surface area contributed by atoms with Gasteiger partial charge in [-0.25, -0.2) is 8.42 Å². The number of aromatic nitrogens is 1. The van der Waals surface area contributed by atoms with Crippen LogP contribution in [0.4, 0.5) is 5.69 Å². The number of halogens is 1. The Labute approximate surface area is 199 Å². The molecule has 0 saturated heterocycles. The Morgan fingerprint density at radius 3 is 2.48 bits per heavy atom. The van der Waals surface area contributed by atoms with Crippen LogP contribution in [0.3, 0.4) is 0 Å².